The Morgan fingerprint density at radius 2 is 2.20 bits per heavy atom. The second-order valence-electron chi connectivity index (χ2n) is 5.39. The Bertz CT molecular complexity index is 260. The highest BCUT2D eigenvalue weighted by Gasteiger charge is 2.46. The molecule has 0 aromatic carbocycles. The lowest BCUT2D eigenvalue weighted by Gasteiger charge is -2.40. The standard InChI is InChI=1S/C12H21NO2/c1-3-12(11(14)15)4-5-13(8-12)10-6-9(2)7-10/h9-10H,3-8H2,1-2H3,(H,14,15). The Labute approximate surface area is 91.5 Å². The molecular formula is C12H21NO2. The highest BCUT2D eigenvalue weighted by Crippen LogP contribution is 2.40. The maximum atomic E-state index is 11.3. The summed E-state index contributed by atoms with van der Waals surface area (Å²) in [6.45, 7) is 6.03. The van der Waals surface area contributed by atoms with Crippen LogP contribution in [0.15, 0.2) is 0 Å². The SMILES string of the molecule is CCC1(C(=O)O)CCN(C2CC(C)C2)C1. The number of carboxylic acids is 1. The van der Waals surface area contributed by atoms with Crippen molar-refractivity contribution in [1.82, 2.24) is 4.90 Å². The van der Waals surface area contributed by atoms with E-state index in [1.54, 1.807) is 0 Å². The molecule has 2 rings (SSSR count). The van der Waals surface area contributed by atoms with Crippen LogP contribution in [0.5, 0.6) is 0 Å². The minimum atomic E-state index is -0.597. The highest BCUT2D eigenvalue weighted by atomic mass is 16.4. The molecule has 0 amide bonds. The minimum absolute atomic E-state index is 0.446. The first-order valence-corrected chi connectivity index (χ1v) is 6.05. The van der Waals surface area contributed by atoms with Crippen LogP contribution in [0.1, 0.15) is 39.5 Å². The molecule has 3 heteroatoms. The fourth-order valence-corrected chi connectivity index (χ4v) is 2.99. The summed E-state index contributed by atoms with van der Waals surface area (Å²) in [6, 6.07) is 0.674. The summed E-state index contributed by atoms with van der Waals surface area (Å²) in [5.41, 5.74) is -0.446. The number of hydrogen-bond acceptors (Lipinski definition) is 2. The van der Waals surface area contributed by atoms with Crippen molar-refractivity contribution >= 4 is 5.97 Å². The molecule has 86 valence electrons. The van der Waals surface area contributed by atoms with Crippen molar-refractivity contribution in [2.75, 3.05) is 13.1 Å². The van der Waals surface area contributed by atoms with Gasteiger partial charge in [-0.15, -0.1) is 0 Å². The fraction of sp³-hybridized carbons (Fsp3) is 0.917. The Kier molecular flexibility index (Phi) is 2.75. The van der Waals surface area contributed by atoms with Gasteiger partial charge in [-0.3, -0.25) is 9.69 Å². The van der Waals surface area contributed by atoms with Gasteiger partial charge in [0.2, 0.25) is 0 Å². The molecule has 1 saturated carbocycles. The van der Waals surface area contributed by atoms with E-state index in [1.165, 1.54) is 12.8 Å². The van der Waals surface area contributed by atoms with Gasteiger partial charge in [0.1, 0.15) is 0 Å². The van der Waals surface area contributed by atoms with Crippen LogP contribution in [0.25, 0.3) is 0 Å². The second kappa shape index (κ2) is 3.78. The van der Waals surface area contributed by atoms with Gasteiger partial charge in [0.15, 0.2) is 0 Å². The van der Waals surface area contributed by atoms with E-state index in [1.807, 2.05) is 6.92 Å². The Morgan fingerprint density at radius 1 is 1.53 bits per heavy atom. The van der Waals surface area contributed by atoms with Crippen molar-refractivity contribution in [3.05, 3.63) is 0 Å². The van der Waals surface area contributed by atoms with Crippen LogP contribution in [0, 0.1) is 11.3 Å². The summed E-state index contributed by atoms with van der Waals surface area (Å²) in [4.78, 5) is 13.7. The number of hydrogen-bond donors (Lipinski definition) is 1. The fourth-order valence-electron chi connectivity index (χ4n) is 2.99. The molecule has 2 aliphatic rings. The van der Waals surface area contributed by atoms with Crippen LogP contribution in [-0.2, 0) is 4.79 Å². The third-order valence-electron chi connectivity index (χ3n) is 4.38. The van der Waals surface area contributed by atoms with Crippen LogP contribution >= 0.6 is 0 Å². The number of carboxylic acid groups (broad SMARTS) is 1. The molecule has 0 radical (unpaired) electrons. The molecule has 3 nitrogen and oxygen atoms in total. The summed E-state index contributed by atoms with van der Waals surface area (Å²) in [5.74, 6) is 0.247. The van der Waals surface area contributed by atoms with Gasteiger partial charge in [0.25, 0.3) is 0 Å². The van der Waals surface area contributed by atoms with E-state index in [2.05, 4.69) is 11.8 Å². The molecule has 1 aliphatic heterocycles. The zero-order valence-corrected chi connectivity index (χ0v) is 9.70. The molecule has 1 atom stereocenters. The summed E-state index contributed by atoms with van der Waals surface area (Å²) < 4.78 is 0. The number of nitrogens with zero attached hydrogens (tertiary/aromatic N) is 1. The zero-order valence-electron chi connectivity index (χ0n) is 9.70. The smallest absolute Gasteiger partial charge is 0.310 e. The summed E-state index contributed by atoms with van der Waals surface area (Å²) in [6.07, 6.45) is 4.13. The van der Waals surface area contributed by atoms with E-state index in [0.717, 1.165) is 31.8 Å². The van der Waals surface area contributed by atoms with Gasteiger partial charge in [-0.05, 0) is 38.1 Å². The lowest BCUT2D eigenvalue weighted by atomic mass is 9.80. The molecule has 1 aliphatic carbocycles. The van der Waals surface area contributed by atoms with Crippen molar-refractivity contribution in [1.29, 1.82) is 0 Å². The maximum Gasteiger partial charge on any atom is 0.310 e. The van der Waals surface area contributed by atoms with Crippen LogP contribution in [0.4, 0.5) is 0 Å². The summed E-state index contributed by atoms with van der Waals surface area (Å²) in [5, 5.41) is 9.28. The maximum absolute atomic E-state index is 11.3. The van der Waals surface area contributed by atoms with Gasteiger partial charge in [-0.1, -0.05) is 13.8 Å². The van der Waals surface area contributed by atoms with Crippen LogP contribution in [0.2, 0.25) is 0 Å². The van der Waals surface area contributed by atoms with E-state index in [-0.39, 0.29) is 0 Å². The van der Waals surface area contributed by atoms with Crippen molar-refractivity contribution in [3.63, 3.8) is 0 Å². The van der Waals surface area contributed by atoms with Gasteiger partial charge in [-0.2, -0.15) is 0 Å². The third-order valence-corrected chi connectivity index (χ3v) is 4.38. The monoisotopic (exact) mass is 211 g/mol. The molecule has 0 bridgehead atoms. The molecule has 1 saturated heterocycles. The molecular weight excluding hydrogens is 190 g/mol. The van der Waals surface area contributed by atoms with Crippen molar-refractivity contribution in [2.45, 2.75) is 45.6 Å². The lowest BCUT2D eigenvalue weighted by molar-refractivity contribution is -0.148. The first-order valence-electron chi connectivity index (χ1n) is 6.05. The molecule has 1 N–H and O–H groups in total. The van der Waals surface area contributed by atoms with E-state index >= 15 is 0 Å². The lowest BCUT2D eigenvalue weighted by Crippen LogP contribution is -2.44. The number of likely N-dealkylation sites (tertiary alicyclic amines) is 1. The van der Waals surface area contributed by atoms with Gasteiger partial charge < -0.3 is 5.11 Å². The van der Waals surface area contributed by atoms with Gasteiger partial charge >= 0.3 is 5.97 Å². The Morgan fingerprint density at radius 3 is 2.60 bits per heavy atom. The first-order chi connectivity index (χ1) is 7.07. The quantitative estimate of drug-likeness (QED) is 0.776. The topological polar surface area (TPSA) is 40.5 Å². The van der Waals surface area contributed by atoms with E-state index in [9.17, 15) is 9.90 Å². The Balaban J connectivity index is 1.96. The predicted octanol–water partition coefficient (Wildman–Crippen LogP) is 1.97. The van der Waals surface area contributed by atoms with Crippen LogP contribution < -0.4 is 0 Å². The number of carbonyl (C=O) groups is 1. The average molecular weight is 211 g/mol. The molecule has 2 fully saturated rings. The minimum Gasteiger partial charge on any atom is -0.481 e. The Hall–Kier alpha value is -0.570. The van der Waals surface area contributed by atoms with E-state index < -0.39 is 11.4 Å². The largest absolute Gasteiger partial charge is 0.481 e. The predicted molar refractivity (Wildman–Crippen MR) is 58.7 cm³/mol. The molecule has 0 spiro atoms. The van der Waals surface area contributed by atoms with Gasteiger partial charge in [0.05, 0.1) is 5.41 Å². The van der Waals surface area contributed by atoms with Crippen molar-refractivity contribution in [2.24, 2.45) is 11.3 Å². The third kappa shape index (κ3) is 1.78. The zero-order chi connectivity index (χ0) is 11.1. The van der Waals surface area contributed by atoms with Crippen LogP contribution in [0.3, 0.4) is 0 Å². The number of rotatable bonds is 3. The van der Waals surface area contributed by atoms with E-state index in [4.69, 9.17) is 0 Å². The highest BCUT2D eigenvalue weighted by molar-refractivity contribution is 5.75. The van der Waals surface area contributed by atoms with E-state index in [0.29, 0.717) is 6.04 Å². The molecule has 1 heterocycles. The number of aliphatic carboxylic acids is 1. The first kappa shape index (κ1) is 10.9. The molecule has 0 aromatic rings. The van der Waals surface area contributed by atoms with Crippen molar-refractivity contribution in [3.8, 4) is 0 Å². The molecule has 1 unspecified atom stereocenters. The molecule has 15 heavy (non-hydrogen) atoms. The second-order valence-corrected chi connectivity index (χ2v) is 5.39. The summed E-state index contributed by atoms with van der Waals surface area (Å²) >= 11 is 0. The summed E-state index contributed by atoms with van der Waals surface area (Å²) in [7, 11) is 0. The van der Waals surface area contributed by atoms with Gasteiger partial charge in [0, 0.05) is 12.6 Å². The van der Waals surface area contributed by atoms with Crippen molar-refractivity contribution < 1.29 is 9.90 Å². The van der Waals surface area contributed by atoms with Gasteiger partial charge in [-0.25, -0.2) is 0 Å². The molecule has 0 aromatic heterocycles. The average Bonchev–Trinajstić information content (AvgIpc) is 2.58. The van der Waals surface area contributed by atoms with Crippen LogP contribution in [-0.4, -0.2) is 35.1 Å². The normalized spacial score (nSPS) is 41.5.